The van der Waals surface area contributed by atoms with Gasteiger partial charge in [-0.05, 0) is 32.4 Å². The van der Waals surface area contributed by atoms with Crippen LogP contribution in [-0.2, 0) is 0 Å². The Hall–Kier alpha value is -0.0400. The molecule has 0 fully saturated rings. The molecule has 0 radical (unpaired) electrons. The van der Waals surface area contributed by atoms with Crippen molar-refractivity contribution >= 4 is 0 Å². The van der Waals surface area contributed by atoms with Gasteiger partial charge in [0.25, 0.3) is 0 Å². The number of hydrogen-bond acceptors (Lipinski definition) is 1. The summed E-state index contributed by atoms with van der Waals surface area (Å²) >= 11 is 0. The molecule has 0 aliphatic rings. The highest BCUT2D eigenvalue weighted by Crippen LogP contribution is 2.18. The van der Waals surface area contributed by atoms with Crippen molar-refractivity contribution < 1.29 is 0 Å². The van der Waals surface area contributed by atoms with Gasteiger partial charge in [-0.25, -0.2) is 0 Å². The predicted octanol–water partition coefficient (Wildman–Crippen LogP) is 3.01. The van der Waals surface area contributed by atoms with Gasteiger partial charge in [0.2, 0.25) is 0 Å². The number of hydrogen-bond donors (Lipinski definition) is 0. The van der Waals surface area contributed by atoms with Crippen LogP contribution in [0.3, 0.4) is 0 Å². The highest BCUT2D eigenvalue weighted by molar-refractivity contribution is 4.65. The van der Waals surface area contributed by atoms with Crippen molar-refractivity contribution in [3.8, 4) is 0 Å². The zero-order valence-electron chi connectivity index (χ0n) is 9.43. The van der Waals surface area contributed by atoms with Crippen LogP contribution in [0.4, 0.5) is 0 Å². The van der Waals surface area contributed by atoms with E-state index in [0.717, 1.165) is 11.8 Å². The first-order valence-corrected chi connectivity index (χ1v) is 5.22. The molecule has 0 aromatic carbocycles. The van der Waals surface area contributed by atoms with Crippen LogP contribution in [0.25, 0.3) is 0 Å². The fourth-order valence-corrected chi connectivity index (χ4v) is 1.57. The van der Waals surface area contributed by atoms with Crippen molar-refractivity contribution in [2.75, 3.05) is 20.6 Å². The Kier molecular flexibility index (Phi) is 6.45. The molecule has 0 spiro atoms. The molecule has 0 heterocycles. The van der Waals surface area contributed by atoms with Crippen LogP contribution in [0.5, 0.6) is 0 Å². The second kappa shape index (κ2) is 6.47. The summed E-state index contributed by atoms with van der Waals surface area (Å²) in [5.41, 5.74) is 0. The Labute approximate surface area is 78.1 Å². The molecule has 1 nitrogen and oxygen atoms in total. The second-order valence-electron chi connectivity index (χ2n) is 4.41. The van der Waals surface area contributed by atoms with Crippen molar-refractivity contribution in [3.05, 3.63) is 0 Å². The summed E-state index contributed by atoms with van der Waals surface area (Å²) in [6, 6.07) is 0. The van der Waals surface area contributed by atoms with Crippen LogP contribution < -0.4 is 0 Å². The lowest BCUT2D eigenvalue weighted by molar-refractivity contribution is 0.252. The third kappa shape index (κ3) is 5.59. The molecular weight excluding hydrogens is 146 g/mol. The second-order valence-corrected chi connectivity index (χ2v) is 4.41. The molecule has 0 aliphatic carbocycles. The molecule has 1 atom stereocenters. The lowest BCUT2D eigenvalue weighted by atomic mass is 9.90. The topological polar surface area (TPSA) is 3.24 Å². The van der Waals surface area contributed by atoms with Gasteiger partial charge in [0.15, 0.2) is 0 Å². The highest BCUT2D eigenvalue weighted by atomic mass is 15.1. The Morgan fingerprint density at radius 2 is 1.75 bits per heavy atom. The minimum absolute atomic E-state index is 0.832. The van der Waals surface area contributed by atoms with Crippen molar-refractivity contribution in [2.24, 2.45) is 11.8 Å². The summed E-state index contributed by atoms with van der Waals surface area (Å²) in [6.45, 7) is 8.19. The summed E-state index contributed by atoms with van der Waals surface area (Å²) in [5, 5.41) is 0. The first-order valence-electron chi connectivity index (χ1n) is 5.22. The fraction of sp³-hybridized carbons (Fsp3) is 1.00. The monoisotopic (exact) mass is 171 g/mol. The maximum absolute atomic E-state index is 2.34. The number of nitrogens with zero attached hydrogens (tertiary/aromatic N) is 1. The Bertz CT molecular complexity index is 97.2. The third-order valence-corrected chi connectivity index (χ3v) is 2.47. The van der Waals surface area contributed by atoms with Gasteiger partial charge in [0.1, 0.15) is 0 Å². The molecule has 74 valence electrons. The van der Waals surface area contributed by atoms with Crippen LogP contribution >= 0.6 is 0 Å². The lowest BCUT2D eigenvalue weighted by Gasteiger charge is -2.24. The molecule has 12 heavy (non-hydrogen) atoms. The van der Waals surface area contributed by atoms with E-state index in [-0.39, 0.29) is 0 Å². The maximum Gasteiger partial charge on any atom is 0.000600 e. The Balaban J connectivity index is 3.70. The van der Waals surface area contributed by atoms with E-state index < -0.39 is 0 Å². The van der Waals surface area contributed by atoms with Crippen molar-refractivity contribution in [1.29, 1.82) is 0 Å². The van der Waals surface area contributed by atoms with E-state index >= 15 is 0 Å². The van der Waals surface area contributed by atoms with Crippen molar-refractivity contribution in [3.63, 3.8) is 0 Å². The molecule has 0 N–H and O–H groups in total. The molecule has 0 rings (SSSR count). The van der Waals surface area contributed by atoms with Gasteiger partial charge in [0.05, 0.1) is 0 Å². The van der Waals surface area contributed by atoms with Gasteiger partial charge in [0, 0.05) is 6.54 Å². The molecule has 0 bridgehead atoms. The largest absolute Gasteiger partial charge is 0.309 e. The summed E-state index contributed by atoms with van der Waals surface area (Å²) < 4.78 is 0. The Morgan fingerprint density at radius 3 is 2.08 bits per heavy atom. The van der Waals surface area contributed by atoms with Gasteiger partial charge < -0.3 is 4.90 Å². The molecule has 0 aliphatic heterocycles. The lowest BCUT2D eigenvalue weighted by Crippen LogP contribution is -2.25. The summed E-state index contributed by atoms with van der Waals surface area (Å²) in [7, 11) is 4.34. The average molecular weight is 171 g/mol. The molecule has 0 saturated heterocycles. The summed E-state index contributed by atoms with van der Waals surface area (Å²) in [5.74, 6) is 1.72. The molecular formula is C11H25N. The molecule has 0 saturated carbocycles. The van der Waals surface area contributed by atoms with Crippen molar-refractivity contribution in [1.82, 2.24) is 4.90 Å². The van der Waals surface area contributed by atoms with Crippen molar-refractivity contribution in [2.45, 2.75) is 40.0 Å². The van der Waals surface area contributed by atoms with E-state index in [1.807, 2.05) is 0 Å². The SMILES string of the molecule is CCCCC(CN(C)C)C(C)C. The molecule has 1 heteroatoms. The van der Waals surface area contributed by atoms with E-state index in [1.54, 1.807) is 0 Å². The van der Waals surface area contributed by atoms with E-state index in [9.17, 15) is 0 Å². The third-order valence-electron chi connectivity index (χ3n) is 2.47. The van der Waals surface area contributed by atoms with Gasteiger partial charge in [-0.15, -0.1) is 0 Å². The smallest absolute Gasteiger partial charge is 0.000600 e. The zero-order chi connectivity index (χ0) is 9.56. The van der Waals surface area contributed by atoms with Crippen LogP contribution in [0.15, 0.2) is 0 Å². The van der Waals surface area contributed by atoms with Crippen LogP contribution in [-0.4, -0.2) is 25.5 Å². The predicted molar refractivity (Wildman–Crippen MR) is 56.4 cm³/mol. The fourth-order valence-electron chi connectivity index (χ4n) is 1.57. The van der Waals surface area contributed by atoms with Gasteiger partial charge in [-0.1, -0.05) is 33.6 Å². The quantitative estimate of drug-likeness (QED) is 0.594. The highest BCUT2D eigenvalue weighted by Gasteiger charge is 2.12. The molecule has 0 aromatic rings. The summed E-state index contributed by atoms with van der Waals surface area (Å²) in [6.07, 6.45) is 4.11. The first-order chi connectivity index (χ1) is 5.57. The van der Waals surface area contributed by atoms with Crippen LogP contribution in [0, 0.1) is 11.8 Å². The van der Waals surface area contributed by atoms with Gasteiger partial charge in [-0.2, -0.15) is 0 Å². The van der Waals surface area contributed by atoms with E-state index in [2.05, 4.69) is 39.8 Å². The summed E-state index contributed by atoms with van der Waals surface area (Å²) in [4.78, 5) is 2.31. The van der Waals surface area contributed by atoms with Crippen LogP contribution in [0.2, 0.25) is 0 Å². The Morgan fingerprint density at radius 1 is 1.17 bits per heavy atom. The zero-order valence-corrected chi connectivity index (χ0v) is 9.43. The molecule has 0 aromatic heterocycles. The molecule has 0 amide bonds. The standard InChI is InChI=1S/C11H25N/c1-6-7-8-11(10(2)3)9-12(4)5/h10-11H,6-9H2,1-5H3. The van der Waals surface area contributed by atoms with Gasteiger partial charge in [-0.3, -0.25) is 0 Å². The maximum atomic E-state index is 2.34. The normalized spacial score (nSPS) is 14.2. The number of rotatable bonds is 6. The average Bonchev–Trinajstić information content (AvgIpc) is 1.96. The van der Waals surface area contributed by atoms with E-state index in [1.165, 1.54) is 25.8 Å². The minimum Gasteiger partial charge on any atom is -0.309 e. The number of unbranched alkanes of at least 4 members (excludes halogenated alkanes) is 1. The van der Waals surface area contributed by atoms with Gasteiger partial charge >= 0.3 is 0 Å². The van der Waals surface area contributed by atoms with Crippen LogP contribution in [0.1, 0.15) is 40.0 Å². The molecule has 1 unspecified atom stereocenters. The van der Waals surface area contributed by atoms with E-state index in [0.29, 0.717) is 0 Å². The minimum atomic E-state index is 0.832. The van der Waals surface area contributed by atoms with E-state index in [4.69, 9.17) is 0 Å². The first kappa shape index (κ1) is 12.0.